The summed E-state index contributed by atoms with van der Waals surface area (Å²) in [5.41, 5.74) is 0. The predicted molar refractivity (Wildman–Crippen MR) is 42.6 cm³/mol. The van der Waals surface area contributed by atoms with E-state index in [4.69, 9.17) is 4.74 Å². The molecule has 0 spiro atoms. The normalized spacial score (nSPS) is 38.4. The summed E-state index contributed by atoms with van der Waals surface area (Å²) in [4.78, 5) is 0. The van der Waals surface area contributed by atoms with Gasteiger partial charge in [-0.2, -0.15) is 0 Å². The van der Waals surface area contributed by atoms with Crippen LogP contribution >= 0.6 is 12.4 Å². The van der Waals surface area contributed by atoms with Gasteiger partial charge in [-0.3, -0.25) is 0 Å². The molecule has 1 heterocycles. The monoisotopic (exact) mass is 163 g/mol. The molecule has 3 heteroatoms. The Labute approximate surface area is 67.7 Å². The molecule has 0 amide bonds. The van der Waals surface area contributed by atoms with Crippen LogP contribution in [0.25, 0.3) is 0 Å². The molecule has 2 nitrogen and oxygen atoms in total. The van der Waals surface area contributed by atoms with Crippen molar-refractivity contribution in [1.29, 1.82) is 0 Å². The lowest BCUT2D eigenvalue weighted by atomic mass is 10.2. The van der Waals surface area contributed by atoms with Gasteiger partial charge >= 0.3 is 0 Å². The molecule has 2 aliphatic rings. The third kappa shape index (κ3) is 1.62. The maximum atomic E-state index is 5.53. The highest BCUT2D eigenvalue weighted by molar-refractivity contribution is 5.85. The Morgan fingerprint density at radius 3 is 3.10 bits per heavy atom. The molecule has 2 atom stereocenters. The molecule has 0 radical (unpaired) electrons. The van der Waals surface area contributed by atoms with Crippen LogP contribution in [0.5, 0.6) is 0 Å². The van der Waals surface area contributed by atoms with E-state index in [9.17, 15) is 0 Å². The van der Waals surface area contributed by atoms with Crippen LogP contribution in [0.4, 0.5) is 0 Å². The molecule has 60 valence electrons. The van der Waals surface area contributed by atoms with Gasteiger partial charge in [0.25, 0.3) is 0 Å². The van der Waals surface area contributed by atoms with E-state index < -0.39 is 0 Å². The van der Waals surface area contributed by atoms with Gasteiger partial charge in [0, 0.05) is 12.6 Å². The second-order valence-electron chi connectivity index (χ2n) is 2.96. The fraction of sp³-hybridized carbons (Fsp3) is 1.00. The van der Waals surface area contributed by atoms with Crippen molar-refractivity contribution < 1.29 is 4.74 Å². The van der Waals surface area contributed by atoms with Crippen LogP contribution in [0, 0.1) is 0 Å². The average molecular weight is 164 g/mol. The fourth-order valence-corrected chi connectivity index (χ4v) is 1.77. The lowest BCUT2D eigenvalue weighted by molar-refractivity contribution is 0.0688. The molecule has 10 heavy (non-hydrogen) atoms. The zero-order valence-electron chi connectivity index (χ0n) is 6.01. The van der Waals surface area contributed by atoms with Crippen LogP contribution in [0.15, 0.2) is 0 Å². The number of hydrogen-bond acceptors (Lipinski definition) is 2. The summed E-state index contributed by atoms with van der Waals surface area (Å²) in [7, 11) is 0. The Morgan fingerprint density at radius 2 is 2.20 bits per heavy atom. The highest BCUT2D eigenvalue weighted by atomic mass is 35.5. The summed E-state index contributed by atoms with van der Waals surface area (Å²) in [5, 5.41) is 3.45. The number of hydrogen-bond donors (Lipinski definition) is 1. The summed E-state index contributed by atoms with van der Waals surface area (Å²) in [6, 6.07) is 0.775. The molecular weight excluding hydrogens is 150 g/mol. The first-order chi connectivity index (χ1) is 4.45. The summed E-state index contributed by atoms with van der Waals surface area (Å²) in [6.07, 6.45) is 4.44. The lowest BCUT2D eigenvalue weighted by Gasteiger charge is -2.09. The first-order valence-electron chi connectivity index (χ1n) is 3.80. The van der Waals surface area contributed by atoms with Crippen molar-refractivity contribution in [3.05, 3.63) is 0 Å². The van der Waals surface area contributed by atoms with Crippen LogP contribution in [-0.2, 0) is 4.74 Å². The van der Waals surface area contributed by atoms with Crippen LogP contribution in [0.1, 0.15) is 19.3 Å². The zero-order valence-corrected chi connectivity index (χ0v) is 6.82. The van der Waals surface area contributed by atoms with Crippen molar-refractivity contribution in [2.45, 2.75) is 31.4 Å². The largest absolute Gasteiger partial charge is 0.377 e. The molecule has 0 aromatic rings. The SMILES string of the molecule is C1CO[C@@H]2CC[C@@H](C2)N1.Cl. The van der Waals surface area contributed by atoms with E-state index in [1.165, 1.54) is 19.3 Å². The number of nitrogens with one attached hydrogen (secondary N) is 1. The Bertz CT molecular complexity index is 97.8. The molecular formula is C7H14ClNO. The van der Waals surface area contributed by atoms with Gasteiger partial charge in [-0.15, -0.1) is 12.4 Å². The van der Waals surface area contributed by atoms with Crippen molar-refractivity contribution in [2.75, 3.05) is 13.2 Å². The van der Waals surface area contributed by atoms with Gasteiger partial charge in [0.1, 0.15) is 0 Å². The van der Waals surface area contributed by atoms with E-state index in [0.29, 0.717) is 6.10 Å². The fourth-order valence-electron chi connectivity index (χ4n) is 1.77. The second kappa shape index (κ2) is 3.56. The third-order valence-corrected chi connectivity index (χ3v) is 2.27. The van der Waals surface area contributed by atoms with Crippen LogP contribution in [0.3, 0.4) is 0 Å². The number of ether oxygens (including phenoxy) is 1. The molecule has 0 aromatic carbocycles. The molecule has 1 aliphatic heterocycles. The van der Waals surface area contributed by atoms with E-state index in [-0.39, 0.29) is 12.4 Å². The van der Waals surface area contributed by atoms with E-state index >= 15 is 0 Å². The smallest absolute Gasteiger partial charge is 0.0594 e. The van der Waals surface area contributed by atoms with Crippen molar-refractivity contribution in [1.82, 2.24) is 5.32 Å². The van der Waals surface area contributed by atoms with Gasteiger partial charge in [-0.1, -0.05) is 0 Å². The predicted octanol–water partition coefficient (Wildman–Crippen LogP) is 0.949. The standard InChI is InChI=1S/C7H13NO.ClH/c1-2-7-5-6(1)8-3-4-9-7;/h6-8H,1-5H2;1H/t6-,7+;/m0./s1. The maximum Gasteiger partial charge on any atom is 0.0594 e. The third-order valence-electron chi connectivity index (χ3n) is 2.27. The van der Waals surface area contributed by atoms with E-state index in [0.717, 1.165) is 19.2 Å². The van der Waals surface area contributed by atoms with Gasteiger partial charge in [-0.05, 0) is 19.3 Å². The van der Waals surface area contributed by atoms with Crippen molar-refractivity contribution in [2.24, 2.45) is 0 Å². The van der Waals surface area contributed by atoms with Crippen molar-refractivity contribution in [3.63, 3.8) is 0 Å². The van der Waals surface area contributed by atoms with Crippen molar-refractivity contribution in [3.8, 4) is 0 Å². The molecule has 1 saturated heterocycles. The van der Waals surface area contributed by atoms with Crippen molar-refractivity contribution >= 4 is 12.4 Å². The average Bonchev–Trinajstić information content (AvgIpc) is 2.09. The first-order valence-corrected chi connectivity index (χ1v) is 3.80. The number of fused-ring (bicyclic) bond motifs is 2. The second-order valence-corrected chi connectivity index (χ2v) is 2.96. The molecule has 2 bridgehead atoms. The number of halogens is 1. The minimum Gasteiger partial charge on any atom is -0.377 e. The van der Waals surface area contributed by atoms with E-state index in [1.54, 1.807) is 0 Å². The minimum atomic E-state index is 0. The highest BCUT2D eigenvalue weighted by Gasteiger charge is 2.26. The minimum absolute atomic E-state index is 0. The molecule has 0 aromatic heterocycles. The van der Waals surface area contributed by atoms with E-state index in [1.807, 2.05) is 0 Å². The topological polar surface area (TPSA) is 21.3 Å². The van der Waals surface area contributed by atoms with Gasteiger partial charge in [0.15, 0.2) is 0 Å². The van der Waals surface area contributed by atoms with Crippen LogP contribution in [0.2, 0.25) is 0 Å². The number of rotatable bonds is 0. The Kier molecular flexibility index (Phi) is 2.96. The highest BCUT2D eigenvalue weighted by Crippen LogP contribution is 2.23. The Balaban J connectivity index is 0.000000500. The lowest BCUT2D eigenvalue weighted by Crippen LogP contribution is -2.27. The molecule has 2 fully saturated rings. The molecule has 1 N–H and O–H groups in total. The Hall–Kier alpha value is 0.210. The van der Waals surface area contributed by atoms with Crippen LogP contribution in [-0.4, -0.2) is 25.3 Å². The van der Waals surface area contributed by atoms with Gasteiger partial charge in [-0.25, -0.2) is 0 Å². The molecule has 1 aliphatic carbocycles. The quantitative estimate of drug-likeness (QED) is 0.574. The summed E-state index contributed by atoms with van der Waals surface area (Å²) in [6.45, 7) is 1.97. The molecule has 0 unspecified atom stereocenters. The van der Waals surface area contributed by atoms with E-state index in [2.05, 4.69) is 5.32 Å². The maximum absolute atomic E-state index is 5.53. The Morgan fingerprint density at radius 1 is 1.30 bits per heavy atom. The van der Waals surface area contributed by atoms with Crippen LogP contribution < -0.4 is 5.32 Å². The molecule has 2 rings (SSSR count). The summed E-state index contributed by atoms with van der Waals surface area (Å²) < 4.78 is 5.53. The van der Waals surface area contributed by atoms with Gasteiger partial charge in [0.2, 0.25) is 0 Å². The first kappa shape index (κ1) is 8.31. The molecule has 1 saturated carbocycles. The van der Waals surface area contributed by atoms with Gasteiger partial charge in [0.05, 0.1) is 12.7 Å². The van der Waals surface area contributed by atoms with Gasteiger partial charge < -0.3 is 10.1 Å². The zero-order chi connectivity index (χ0) is 6.10. The summed E-state index contributed by atoms with van der Waals surface area (Å²) >= 11 is 0. The summed E-state index contributed by atoms with van der Waals surface area (Å²) in [5.74, 6) is 0.